The fourth-order valence-corrected chi connectivity index (χ4v) is 7.38. The van der Waals surface area contributed by atoms with E-state index in [1.165, 1.54) is 61.7 Å². The number of likely N-dealkylation sites (tertiary alicyclic amines) is 1. The second-order valence-corrected chi connectivity index (χ2v) is 14.1. The third kappa shape index (κ3) is 7.18. The quantitative estimate of drug-likeness (QED) is 0.151. The Morgan fingerprint density at radius 3 is 2.63 bits per heavy atom. The Bertz CT molecular complexity index is 1010. The average Bonchev–Trinajstić information content (AvgIpc) is 3.38. The molecule has 212 valence electrons. The largest absolute Gasteiger partial charge is 0.483 e. The SMILES string of the molecule is CCCCCC(C)CCc1cc(OC(=O)C(C)(C)CCN2CCCCC2)c2c(c1)OC(C)(C)C1=C2CSC1. The van der Waals surface area contributed by atoms with E-state index in [9.17, 15) is 4.79 Å². The van der Waals surface area contributed by atoms with Gasteiger partial charge >= 0.3 is 5.97 Å². The van der Waals surface area contributed by atoms with Crippen LogP contribution in [0, 0.1) is 11.3 Å². The number of benzene rings is 1. The van der Waals surface area contributed by atoms with Crippen molar-refractivity contribution in [1.29, 1.82) is 0 Å². The molecule has 5 heteroatoms. The van der Waals surface area contributed by atoms with E-state index in [0.29, 0.717) is 11.7 Å². The Balaban J connectivity index is 1.55. The topological polar surface area (TPSA) is 38.8 Å². The molecule has 0 aromatic heterocycles. The van der Waals surface area contributed by atoms with Gasteiger partial charge in [-0.05, 0) is 114 Å². The highest BCUT2D eigenvalue weighted by atomic mass is 32.2. The van der Waals surface area contributed by atoms with Crippen molar-refractivity contribution in [2.45, 2.75) is 111 Å². The van der Waals surface area contributed by atoms with Gasteiger partial charge in [0.15, 0.2) is 0 Å². The molecule has 1 aromatic rings. The van der Waals surface area contributed by atoms with Gasteiger partial charge in [-0.3, -0.25) is 4.79 Å². The van der Waals surface area contributed by atoms with Gasteiger partial charge in [0.2, 0.25) is 0 Å². The molecular weight excluding hydrogens is 490 g/mol. The molecular formula is C33H51NO3S. The van der Waals surface area contributed by atoms with Gasteiger partial charge in [-0.25, -0.2) is 0 Å². The number of rotatable bonds is 12. The summed E-state index contributed by atoms with van der Waals surface area (Å²) in [6.45, 7) is 16.3. The highest BCUT2D eigenvalue weighted by molar-refractivity contribution is 8.00. The van der Waals surface area contributed by atoms with E-state index in [2.05, 4.69) is 44.7 Å². The predicted molar refractivity (Wildman–Crippen MR) is 161 cm³/mol. The van der Waals surface area contributed by atoms with Gasteiger partial charge in [0, 0.05) is 11.5 Å². The van der Waals surface area contributed by atoms with Crippen LogP contribution in [0.2, 0.25) is 0 Å². The van der Waals surface area contributed by atoms with Crippen molar-refractivity contribution in [3.05, 3.63) is 28.8 Å². The van der Waals surface area contributed by atoms with Gasteiger partial charge in [-0.2, -0.15) is 11.8 Å². The smallest absolute Gasteiger partial charge is 0.316 e. The standard InChI is InChI=1S/C33H51NO3S/c1-7-8-10-13-24(2)14-15-25-20-28(30-26-22-38-23-27(26)33(5,6)37-29(30)21-25)36-31(35)32(3,4)16-19-34-17-11-9-12-18-34/h20-21,24H,7-19,22-23H2,1-6H3. The Morgan fingerprint density at radius 1 is 1.13 bits per heavy atom. The number of aryl methyl sites for hydroxylation is 1. The van der Waals surface area contributed by atoms with E-state index < -0.39 is 5.41 Å². The molecule has 1 saturated heterocycles. The number of nitrogens with zero attached hydrogens (tertiary/aromatic N) is 1. The summed E-state index contributed by atoms with van der Waals surface area (Å²) in [5.74, 6) is 4.09. The highest BCUT2D eigenvalue weighted by Gasteiger charge is 2.40. The number of thioether (sulfide) groups is 1. The van der Waals surface area contributed by atoms with E-state index in [4.69, 9.17) is 9.47 Å². The van der Waals surface area contributed by atoms with Crippen LogP contribution in [-0.2, 0) is 11.2 Å². The number of fused-ring (bicyclic) bond motifs is 2. The molecule has 1 unspecified atom stereocenters. The van der Waals surface area contributed by atoms with Crippen molar-refractivity contribution < 1.29 is 14.3 Å². The van der Waals surface area contributed by atoms with Crippen molar-refractivity contribution >= 4 is 23.3 Å². The van der Waals surface area contributed by atoms with Crippen molar-refractivity contribution in [3.8, 4) is 11.5 Å². The molecule has 1 fully saturated rings. The van der Waals surface area contributed by atoms with Crippen LogP contribution in [0.4, 0.5) is 0 Å². The molecule has 0 spiro atoms. The summed E-state index contributed by atoms with van der Waals surface area (Å²) in [6, 6.07) is 4.37. The van der Waals surface area contributed by atoms with E-state index in [-0.39, 0.29) is 11.6 Å². The zero-order chi connectivity index (χ0) is 27.3. The van der Waals surface area contributed by atoms with Crippen LogP contribution in [0.5, 0.6) is 11.5 Å². The van der Waals surface area contributed by atoms with Crippen LogP contribution < -0.4 is 9.47 Å². The fourth-order valence-electron chi connectivity index (χ4n) is 6.03. The molecule has 3 heterocycles. The molecule has 3 aliphatic heterocycles. The van der Waals surface area contributed by atoms with Gasteiger partial charge in [0.25, 0.3) is 0 Å². The van der Waals surface area contributed by atoms with Gasteiger partial charge < -0.3 is 14.4 Å². The number of unbranched alkanes of at least 4 members (excludes halogenated alkanes) is 2. The monoisotopic (exact) mass is 541 g/mol. The zero-order valence-electron chi connectivity index (χ0n) is 24.9. The predicted octanol–water partition coefficient (Wildman–Crippen LogP) is 8.31. The van der Waals surface area contributed by atoms with Gasteiger partial charge in [-0.15, -0.1) is 0 Å². The third-order valence-electron chi connectivity index (χ3n) is 8.86. The maximum absolute atomic E-state index is 13.6. The Morgan fingerprint density at radius 2 is 1.89 bits per heavy atom. The molecule has 0 amide bonds. The minimum atomic E-state index is -0.537. The second kappa shape index (κ2) is 12.8. The van der Waals surface area contributed by atoms with Gasteiger partial charge in [0.1, 0.15) is 17.1 Å². The molecule has 0 aliphatic carbocycles. The zero-order valence-corrected chi connectivity index (χ0v) is 25.7. The molecule has 1 aromatic carbocycles. The summed E-state index contributed by atoms with van der Waals surface area (Å²) >= 11 is 1.93. The van der Waals surface area contributed by atoms with E-state index in [1.807, 2.05) is 25.6 Å². The number of ether oxygens (including phenoxy) is 2. The Kier molecular flexibility index (Phi) is 9.95. The van der Waals surface area contributed by atoms with E-state index >= 15 is 0 Å². The summed E-state index contributed by atoms with van der Waals surface area (Å²) in [7, 11) is 0. The molecule has 4 rings (SSSR count). The summed E-state index contributed by atoms with van der Waals surface area (Å²) in [4.78, 5) is 16.1. The first-order valence-electron chi connectivity index (χ1n) is 15.2. The molecule has 0 bridgehead atoms. The average molecular weight is 542 g/mol. The number of hydrogen-bond donors (Lipinski definition) is 0. The Hall–Kier alpha value is -1.46. The number of hydrogen-bond acceptors (Lipinski definition) is 5. The molecule has 0 N–H and O–H groups in total. The molecule has 38 heavy (non-hydrogen) atoms. The van der Waals surface area contributed by atoms with Gasteiger partial charge in [-0.1, -0.05) is 46.0 Å². The number of carbonyl (C=O) groups excluding carboxylic acids is 1. The van der Waals surface area contributed by atoms with Crippen LogP contribution in [0.25, 0.3) is 5.57 Å². The minimum absolute atomic E-state index is 0.126. The highest BCUT2D eigenvalue weighted by Crippen LogP contribution is 2.51. The van der Waals surface area contributed by atoms with Crippen molar-refractivity contribution in [1.82, 2.24) is 4.90 Å². The summed E-state index contributed by atoms with van der Waals surface area (Å²) < 4.78 is 13.0. The maximum Gasteiger partial charge on any atom is 0.316 e. The molecule has 0 saturated carbocycles. The lowest BCUT2D eigenvalue weighted by molar-refractivity contribution is -0.144. The van der Waals surface area contributed by atoms with Crippen LogP contribution >= 0.6 is 11.8 Å². The lowest BCUT2D eigenvalue weighted by Gasteiger charge is -2.36. The lowest BCUT2D eigenvalue weighted by Crippen LogP contribution is -2.37. The van der Waals surface area contributed by atoms with Crippen LogP contribution in [-0.4, -0.2) is 47.6 Å². The summed E-state index contributed by atoms with van der Waals surface area (Å²) in [5, 5.41) is 0. The number of carbonyl (C=O) groups is 1. The van der Waals surface area contributed by atoms with Crippen LogP contribution in [0.15, 0.2) is 17.7 Å². The first-order chi connectivity index (χ1) is 18.1. The normalized spacial score (nSPS) is 20.1. The number of piperidine rings is 1. The first-order valence-corrected chi connectivity index (χ1v) is 16.4. The minimum Gasteiger partial charge on any atom is -0.483 e. The summed E-state index contributed by atoms with van der Waals surface area (Å²) in [5.41, 5.74) is 4.02. The van der Waals surface area contributed by atoms with Crippen LogP contribution in [0.3, 0.4) is 0 Å². The molecule has 0 radical (unpaired) electrons. The maximum atomic E-state index is 13.6. The van der Waals surface area contributed by atoms with Crippen LogP contribution in [0.1, 0.15) is 110 Å². The van der Waals surface area contributed by atoms with Crippen molar-refractivity contribution in [2.24, 2.45) is 11.3 Å². The third-order valence-corrected chi connectivity index (χ3v) is 9.85. The van der Waals surface area contributed by atoms with Crippen molar-refractivity contribution in [2.75, 3.05) is 31.1 Å². The van der Waals surface area contributed by atoms with Gasteiger partial charge in [0.05, 0.1) is 11.0 Å². The van der Waals surface area contributed by atoms with E-state index in [1.54, 1.807) is 0 Å². The van der Waals surface area contributed by atoms with E-state index in [0.717, 1.165) is 61.7 Å². The molecule has 3 aliphatic rings. The Labute approximate surface area is 236 Å². The summed E-state index contributed by atoms with van der Waals surface area (Å²) in [6.07, 6.45) is 12.0. The molecule has 1 atom stereocenters. The lowest BCUT2D eigenvalue weighted by atomic mass is 9.86. The second-order valence-electron chi connectivity index (χ2n) is 13.1. The first kappa shape index (κ1) is 29.5. The fraction of sp³-hybridized carbons (Fsp3) is 0.727. The number of esters is 1. The molecule has 4 nitrogen and oxygen atoms in total. The van der Waals surface area contributed by atoms with Crippen molar-refractivity contribution in [3.63, 3.8) is 0 Å².